The molecule has 0 saturated heterocycles. The van der Waals surface area contributed by atoms with E-state index in [-0.39, 0.29) is 7.43 Å². The number of halogens is 2. The molecule has 0 atom stereocenters. The van der Waals surface area contributed by atoms with Gasteiger partial charge in [0, 0.05) is 0 Å². The fourth-order valence-electron chi connectivity index (χ4n) is 0.340. The van der Waals surface area contributed by atoms with Crippen LogP contribution in [0.5, 0.6) is 0 Å². The number of rotatable bonds is 0. The molecule has 0 saturated carbocycles. The Bertz CT molecular complexity index is 79.1. The zero-order valence-electron chi connectivity index (χ0n) is 5.05. The van der Waals surface area contributed by atoms with Gasteiger partial charge in [-0.3, -0.25) is 6.08 Å². The predicted octanol–water partition coefficient (Wildman–Crippen LogP) is 2.59. The Morgan fingerprint density at radius 2 is 2.00 bits per heavy atom. The van der Waals surface area contributed by atoms with E-state index in [4.69, 9.17) is 0 Å². The molecule has 1 aliphatic rings. The first-order chi connectivity index (χ1) is 3.91. The van der Waals surface area contributed by atoms with E-state index in [1.807, 2.05) is 12.2 Å². The van der Waals surface area contributed by atoms with Gasteiger partial charge in [-0.2, -0.15) is 6.08 Å². The molecule has 0 nitrogen and oxygen atoms in total. The Labute approximate surface area is 63.4 Å². The molecule has 0 unspecified atom stereocenters. The van der Waals surface area contributed by atoms with Gasteiger partial charge >= 0.3 is 24.8 Å². The van der Waals surface area contributed by atoms with E-state index in [0.717, 1.165) is 6.42 Å². The van der Waals surface area contributed by atoms with Crippen molar-refractivity contribution in [2.24, 2.45) is 0 Å². The molecule has 1 aliphatic carbocycles. The number of hydrogen-bond acceptors (Lipinski definition) is 0. The van der Waals surface area contributed by atoms with Crippen LogP contribution in [0.2, 0.25) is 0 Å². The molecule has 0 N–H and O–H groups in total. The second-order valence-corrected chi connectivity index (χ2v) is 1.30. The average molecular weight is 219 g/mol. The van der Waals surface area contributed by atoms with E-state index in [1.54, 1.807) is 0 Å². The maximum absolute atomic E-state index is 9.72. The Hall–Kier alpha value is -0.0366. The van der Waals surface area contributed by atoms with Gasteiger partial charge in [-0.1, -0.05) is 0 Å². The molecule has 0 amide bonds. The number of allylic oxidation sites excluding steroid dienone is 4. The Balaban J connectivity index is 0. The first-order valence-corrected chi connectivity index (χ1v) is 3.30. The maximum atomic E-state index is 9.72. The van der Waals surface area contributed by atoms with Crippen molar-refractivity contribution in [1.82, 2.24) is 0 Å². The van der Waals surface area contributed by atoms with Crippen LogP contribution in [-0.2, 0) is 18.1 Å². The van der Waals surface area contributed by atoms with E-state index in [9.17, 15) is 6.63 Å². The third-order valence-electron chi connectivity index (χ3n) is 0.586. The molecule has 3 heteroatoms. The van der Waals surface area contributed by atoms with E-state index in [1.165, 1.54) is 0 Å². The van der Waals surface area contributed by atoms with Gasteiger partial charge in [-0.05, 0) is 0 Å². The van der Waals surface area contributed by atoms with Crippen LogP contribution in [0.15, 0.2) is 18.2 Å². The molecular formula is C6H8F2Ru. The van der Waals surface area contributed by atoms with Crippen LogP contribution in [0.4, 0.5) is 6.63 Å². The second-order valence-electron chi connectivity index (χ2n) is 1.05. The molecule has 0 radical (unpaired) electrons. The number of hydrogen-bond donors (Lipinski definition) is 0. The normalized spacial score (nSPS) is 11.8. The van der Waals surface area contributed by atoms with Crippen molar-refractivity contribution in [3.8, 4) is 0 Å². The van der Waals surface area contributed by atoms with Crippen molar-refractivity contribution in [3.05, 3.63) is 31.7 Å². The van der Waals surface area contributed by atoms with Crippen molar-refractivity contribution in [2.45, 2.75) is 6.42 Å². The Morgan fingerprint density at radius 1 is 1.44 bits per heavy atom. The minimum atomic E-state index is -2.29. The van der Waals surface area contributed by atoms with Gasteiger partial charge in [0.05, 0.1) is 0 Å². The van der Waals surface area contributed by atoms with Crippen LogP contribution in [0, 0.1) is 13.5 Å². The van der Waals surface area contributed by atoms with Crippen LogP contribution < -0.4 is 0 Å². The van der Waals surface area contributed by atoms with Crippen LogP contribution in [0.1, 0.15) is 6.42 Å². The summed E-state index contributed by atoms with van der Waals surface area (Å²) in [6, 6.07) is 0. The molecule has 0 bridgehead atoms. The zero-order chi connectivity index (χ0) is 6.24. The van der Waals surface area contributed by atoms with Crippen LogP contribution in [0.25, 0.3) is 0 Å². The van der Waals surface area contributed by atoms with Crippen LogP contribution in [-0.4, -0.2) is 0 Å². The molecule has 0 aromatic rings. The molecule has 0 spiro atoms. The summed E-state index contributed by atoms with van der Waals surface area (Å²) in [5.74, 6) is 0. The summed E-state index contributed by atoms with van der Waals surface area (Å²) >= 11 is -2.29. The molecule has 0 fully saturated rings. The van der Waals surface area contributed by atoms with Crippen LogP contribution in [0.3, 0.4) is 0 Å². The van der Waals surface area contributed by atoms with Crippen LogP contribution >= 0.6 is 0 Å². The summed E-state index contributed by atoms with van der Waals surface area (Å²) in [4.78, 5) is 0. The van der Waals surface area contributed by atoms with E-state index in [0.29, 0.717) is 0 Å². The summed E-state index contributed by atoms with van der Waals surface area (Å²) in [6.07, 6.45) is 10.0. The molecule has 0 aromatic carbocycles. The topological polar surface area (TPSA) is 0 Å². The zero-order valence-corrected chi connectivity index (χ0v) is 6.79. The minimum absolute atomic E-state index is 0. The van der Waals surface area contributed by atoms with Gasteiger partial charge in [0.2, 0.25) is 0 Å². The van der Waals surface area contributed by atoms with Crippen molar-refractivity contribution < 1.29 is 24.8 Å². The first kappa shape index (κ1) is 11.7. The standard InChI is InChI=1S/C5H5.CH3.2FH.Ru/c1-2-4-5-3-1;;;;/h1-3H,4H2;1H3;2*1H;/q2*-1;;;+4/p-2. The monoisotopic (exact) mass is 220 g/mol. The van der Waals surface area contributed by atoms with Crippen molar-refractivity contribution >= 4 is 0 Å². The van der Waals surface area contributed by atoms with E-state index in [2.05, 4.69) is 12.2 Å². The van der Waals surface area contributed by atoms with Gasteiger partial charge in [0.1, 0.15) is 0 Å². The van der Waals surface area contributed by atoms with E-state index < -0.39 is 18.1 Å². The SMILES string of the molecule is [C-]1=CC=CC1.[CH3-].[F][Ru+2][F]. The van der Waals surface area contributed by atoms with Gasteiger partial charge in [0.15, 0.2) is 0 Å². The third kappa shape index (κ3) is 11.5. The summed E-state index contributed by atoms with van der Waals surface area (Å²) in [5.41, 5.74) is 0. The fourth-order valence-corrected chi connectivity index (χ4v) is 0.340. The fraction of sp³-hybridized carbons (Fsp3) is 0.167. The van der Waals surface area contributed by atoms with Gasteiger partial charge < -0.3 is 7.43 Å². The summed E-state index contributed by atoms with van der Waals surface area (Å²) in [6.45, 7) is 0. The molecule has 9 heavy (non-hydrogen) atoms. The summed E-state index contributed by atoms with van der Waals surface area (Å²) < 4.78 is 19.4. The van der Waals surface area contributed by atoms with Gasteiger partial charge in [-0.25, -0.2) is 12.2 Å². The molecule has 54 valence electrons. The Kier molecular flexibility index (Phi) is 14.1. The van der Waals surface area contributed by atoms with Gasteiger partial charge in [0.25, 0.3) is 0 Å². The quantitative estimate of drug-likeness (QED) is 0.434. The van der Waals surface area contributed by atoms with E-state index >= 15 is 0 Å². The average Bonchev–Trinajstić information content (AvgIpc) is 2.17. The molecule has 1 rings (SSSR count). The first-order valence-electron chi connectivity index (χ1n) is 1.98. The molecule has 0 aromatic heterocycles. The van der Waals surface area contributed by atoms with Gasteiger partial charge in [-0.15, -0.1) is 6.42 Å². The van der Waals surface area contributed by atoms with Crippen molar-refractivity contribution in [3.63, 3.8) is 0 Å². The van der Waals surface area contributed by atoms with Crippen molar-refractivity contribution in [1.29, 1.82) is 0 Å². The molecule has 0 heterocycles. The predicted molar refractivity (Wildman–Crippen MR) is 30.2 cm³/mol. The van der Waals surface area contributed by atoms with Crippen molar-refractivity contribution in [2.75, 3.05) is 0 Å². The summed E-state index contributed by atoms with van der Waals surface area (Å²) in [7, 11) is 0. The molecule has 0 aliphatic heterocycles. The second kappa shape index (κ2) is 10.9. The third-order valence-corrected chi connectivity index (χ3v) is 0.586. The summed E-state index contributed by atoms with van der Waals surface area (Å²) in [5, 5.41) is 0. The Morgan fingerprint density at radius 3 is 2.11 bits per heavy atom. The molecular weight excluding hydrogens is 211 g/mol.